The molecule has 18 heavy (non-hydrogen) atoms. The summed E-state index contributed by atoms with van der Waals surface area (Å²) in [4.78, 5) is 13.5. The molecule has 1 aromatic rings. The van der Waals surface area contributed by atoms with Gasteiger partial charge in [0.25, 0.3) is 0 Å². The van der Waals surface area contributed by atoms with Crippen molar-refractivity contribution < 1.29 is 9.53 Å². The van der Waals surface area contributed by atoms with E-state index < -0.39 is 0 Å². The van der Waals surface area contributed by atoms with Gasteiger partial charge in [-0.2, -0.15) is 0 Å². The third kappa shape index (κ3) is 2.62. The smallest absolute Gasteiger partial charge is 0.414 e. The number of nitrogens with zero attached hydrogens (tertiary/aromatic N) is 1. The van der Waals surface area contributed by atoms with Gasteiger partial charge in [0.05, 0.1) is 12.6 Å². The Labute approximate surface area is 107 Å². The summed E-state index contributed by atoms with van der Waals surface area (Å²) in [6.45, 7) is 4.23. The molecule has 0 saturated carbocycles. The van der Waals surface area contributed by atoms with Crippen LogP contribution in [0.25, 0.3) is 0 Å². The number of amides is 1. The van der Waals surface area contributed by atoms with Crippen molar-refractivity contribution in [2.75, 3.05) is 6.61 Å². The summed E-state index contributed by atoms with van der Waals surface area (Å²) in [5, 5.41) is 0. The first-order valence-electron chi connectivity index (χ1n) is 6.09. The molecular formula is C15H17NO2. The number of hydrogen-bond acceptors (Lipinski definition) is 2. The molecule has 0 aromatic heterocycles. The molecule has 1 aromatic carbocycles. The SMILES string of the molecule is CCOC(=O)N1C=CC=CC1c1cccc(C)c1. The van der Waals surface area contributed by atoms with Gasteiger partial charge in [0.2, 0.25) is 0 Å². The zero-order valence-electron chi connectivity index (χ0n) is 10.7. The molecule has 0 aliphatic carbocycles. The molecule has 0 radical (unpaired) electrons. The van der Waals surface area contributed by atoms with E-state index in [1.54, 1.807) is 11.1 Å². The zero-order chi connectivity index (χ0) is 13.0. The van der Waals surface area contributed by atoms with Crippen LogP contribution in [0.15, 0.2) is 48.7 Å². The molecule has 0 fully saturated rings. The summed E-state index contributed by atoms with van der Waals surface area (Å²) in [6.07, 6.45) is 7.22. The minimum Gasteiger partial charge on any atom is -0.449 e. The van der Waals surface area contributed by atoms with Crippen molar-refractivity contribution in [1.29, 1.82) is 0 Å². The molecule has 2 rings (SSSR count). The third-order valence-corrected chi connectivity index (χ3v) is 2.81. The van der Waals surface area contributed by atoms with Crippen molar-refractivity contribution in [3.63, 3.8) is 0 Å². The van der Waals surface area contributed by atoms with Crippen molar-refractivity contribution in [3.8, 4) is 0 Å². The summed E-state index contributed by atoms with van der Waals surface area (Å²) in [5.74, 6) is 0. The molecule has 1 heterocycles. The number of ether oxygens (including phenoxy) is 1. The summed E-state index contributed by atoms with van der Waals surface area (Å²) in [6, 6.07) is 8.06. The normalized spacial score (nSPS) is 17.9. The fraction of sp³-hybridized carbons (Fsp3) is 0.267. The monoisotopic (exact) mass is 243 g/mol. The van der Waals surface area contributed by atoms with Gasteiger partial charge in [-0.3, -0.25) is 4.90 Å². The van der Waals surface area contributed by atoms with E-state index in [1.165, 1.54) is 5.56 Å². The van der Waals surface area contributed by atoms with Crippen LogP contribution in [0.4, 0.5) is 4.79 Å². The minimum atomic E-state index is -0.315. The van der Waals surface area contributed by atoms with Gasteiger partial charge in [-0.15, -0.1) is 0 Å². The number of allylic oxidation sites excluding steroid dienone is 2. The lowest BCUT2D eigenvalue weighted by Crippen LogP contribution is -2.31. The summed E-state index contributed by atoms with van der Waals surface area (Å²) in [7, 11) is 0. The first kappa shape index (κ1) is 12.4. The lowest BCUT2D eigenvalue weighted by atomic mass is 10.0. The molecule has 3 heteroatoms. The molecule has 1 unspecified atom stereocenters. The molecule has 1 amide bonds. The van der Waals surface area contributed by atoms with Gasteiger partial charge in [0, 0.05) is 6.20 Å². The second-order valence-electron chi connectivity index (χ2n) is 4.19. The number of aryl methyl sites for hydroxylation is 1. The van der Waals surface area contributed by atoms with E-state index in [-0.39, 0.29) is 12.1 Å². The highest BCUT2D eigenvalue weighted by Gasteiger charge is 2.23. The van der Waals surface area contributed by atoms with Crippen LogP contribution in [-0.2, 0) is 4.74 Å². The molecule has 1 aliphatic heterocycles. The number of carbonyl (C=O) groups is 1. The molecule has 94 valence electrons. The Hall–Kier alpha value is -2.03. The molecule has 0 bridgehead atoms. The van der Waals surface area contributed by atoms with E-state index in [0.717, 1.165) is 5.56 Å². The van der Waals surface area contributed by atoms with Gasteiger partial charge in [0.15, 0.2) is 0 Å². The van der Waals surface area contributed by atoms with Crippen molar-refractivity contribution in [1.82, 2.24) is 4.90 Å². The van der Waals surface area contributed by atoms with Crippen LogP contribution in [0.3, 0.4) is 0 Å². The highest BCUT2D eigenvalue weighted by atomic mass is 16.6. The lowest BCUT2D eigenvalue weighted by molar-refractivity contribution is 0.115. The Kier molecular flexibility index (Phi) is 3.82. The molecule has 1 atom stereocenters. The quantitative estimate of drug-likeness (QED) is 0.794. The maximum Gasteiger partial charge on any atom is 0.414 e. The summed E-state index contributed by atoms with van der Waals surface area (Å²) in [5.41, 5.74) is 2.27. The predicted octanol–water partition coefficient (Wildman–Crippen LogP) is 3.58. The Morgan fingerprint density at radius 3 is 2.94 bits per heavy atom. The summed E-state index contributed by atoms with van der Waals surface area (Å²) < 4.78 is 5.07. The molecule has 0 saturated heterocycles. The molecule has 0 N–H and O–H groups in total. The predicted molar refractivity (Wildman–Crippen MR) is 71.1 cm³/mol. The van der Waals surface area contributed by atoms with E-state index in [4.69, 9.17) is 4.74 Å². The Morgan fingerprint density at radius 2 is 2.22 bits per heavy atom. The van der Waals surface area contributed by atoms with Crippen molar-refractivity contribution >= 4 is 6.09 Å². The average molecular weight is 243 g/mol. The van der Waals surface area contributed by atoms with Crippen LogP contribution < -0.4 is 0 Å². The second-order valence-corrected chi connectivity index (χ2v) is 4.19. The van der Waals surface area contributed by atoms with Crippen LogP contribution in [-0.4, -0.2) is 17.6 Å². The third-order valence-electron chi connectivity index (χ3n) is 2.81. The molecule has 3 nitrogen and oxygen atoms in total. The maximum atomic E-state index is 11.9. The lowest BCUT2D eigenvalue weighted by Gasteiger charge is -2.28. The highest BCUT2D eigenvalue weighted by molar-refractivity contribution is 5.70. The van der Waals surface area contributed by atoms with Crippen LogP contribution in [0.5, 0.6) is 0 Å². The van der Waals surface area contributed by atoms with Gasteiger partial charge in [-0.1, -0.05) is 42.0 Å². The zero-order valence-corrected chi connectivity index (χ0v) is 10.7. The Morgan fingerprint density at radius 1 is 1.39 bits per heavy atom. The van der Waals surface area contributed by atoms with Gasteiger partial charge < -0.3 is 4.74 Å². The van der Waals surface area contributed by atoms with Gasteiger partial charge in [-0.25, -0.2) is 4.79 Å². The minimum absolute atomic E-state index is 0.0889. The van der Waals surface area contributed by atoms with Gasteiger partial charge in [0.1, 0.15) is 0 Å². The van der Waals surface area contributed by atoms with Crippen molar-refractivity contribution in [2.24, 2.45) is 0 Å². The number of hydrogen-bond donors (Lipinski definition) is 0. The standard InChI is InChI=1S/C15H17NO2/c1-3-18-15(17)16-10-5-4-9-14(16)13-8-6-7-12(2)11-13/h4-11,14H,3H2,1-2H3. The average Bonchev–Trinajstić information content (AvgIpc) is 2.39. The van der Waals surface area contributed by atoms with E-state index in [0.29, 0.717) is 6.61 Å². The highest BCUT2D eigenvalue weighted by Crippen LogP contribution is 2.26. The first-order chi connectivity index (χ1) is 8.72. The molecular weight excluding hydrogens is 226 g/mol. The largest absolute Gasteiger partial charge is 0.449 e. The van der Waals surface area contributed by atoms with E-state index in [2.05, 4.69) is 6.07 Å². The second kappa shape index (κ2) is 5.54. The van der Waals surface area contributed by atoms with Crippen LogP contribution in [0, 0.1) is 6.92 Å². The fourth-order valence-electron chi connectivity index (χ4n) is 2.00. The van der Waals surface area contributed by atoms with Gasteiger partial charge in [-0.05, 0) is 25.5 Å². The van der Waals surface area contributed by atoms with Gasteiger partial charge >= 0.3 is 6.09 Å². The first-order valence-corrected chi connectivity index (χ1v) is 6.09. The van der Waals surface area contributed by atoms with Crippen molar-refractivity contribution in [3.05, 3.63) is 59.8 Å². The Bertz CT molecular complexity index is 491. The summed E-state index contributed by atoms with van der Waals surface area (Å²) >= 11 is 0. The maximum absolute atomic E-state index is 11.9. The number of rotatable bonds is 2. The van der Waals surface area contributed by atoms with E-state index >= 15 is 0 Å². The van der Waals surface area contributed by atoms with E-state index in [1.807, 2.05) is 50.3 Å². The number of carbonyl (C=O) groups excluding carboxylic acids is 1. The molecule has 1 aliphatic rings. The Balaban J connectivity index is 2.27. The van der Waals surface area contributed by atoms with Crippen LogP contribution in [0.2, 0.25) is 0 Å². The topological polar surface area (TPSA) is 29.5 Å². The van der Waals surface area contributed by atoms with Crippen LogP contribution in [0.1, 0.15) is 24.1 Å². The van der Waals surface area contributed by atoms with Crippen molar-refractivity contribution in [2.45, 2.75) is 19.9 Å². The van der Waals surface area contributed by atoms with E-state index in [9.17, 15) is 4.79 Å². The number of benzene rings is 1. The van der Waals surface area contributed by atoms with Crippen LogP contribution >= 0.6 is 0 Å². The fourth-order valence-corrected chi connectivity index (χ4v) is 2.00. The molecule has 0 spiro atoms.